The van der Waals surface area contributed by atoms with E-state index in [4.69, 9.17) is 4.74 Å². The lowest BCUT2D eigenvalue weighted by atomic mass is 9.93. The van der Waals surface area contributed by atoms with Crippen LogP contribution in [0.3, 0.4) is 0 Å². The molecule has 2 atom stereocenters. The molecule has 2 N–H and O–H groups in total. The first-order chi connectivity index (χ1) is 14.0. The van der Waals surface area contributed by atoms with Crippen LogP contribution in [0, 0.1) is 12.8 Å². The van der Waals surface area contributed by atoms with E-state index in [2.05, 4.69) is 10.3 Å². The Hall–Kier alpha value is -3.19. The van der Waals surface area contributed by atoms with Crippen LogP contribution >= 0.6 is 0 Å². The Morgan fingerprint density at radius 3 is 2.72 bits per heavy atom. The maximum absolute atomic E-state index is 12.8. The second-order valence-corrected chi connectivity index (χ2v) is 7.30. The van der Waals surface area contributed by atoms with Crippen LogP contribution in [0.25, 0.3) is 16.7 Å². The lowest BCUT2D eigenvalue weighted by Crippen LogP contribution is -2.48. The molecule has 2 aromatic carbocycles. The molecular weight excluding hydrogens is 370 g/mol. The molecule has 1 aliphatic rings. The molecule has 0 saturated carbocycles. The number of hydrogen-bond acceptors (Lipinski definition) is 4. The highest BCUT2D eigenvalue weighted by atomic mass is 16.5. The molecule has 29 heavy (non-hydrogen) atoms. The summed E-state index contributed by atoms with van der Waals surface area (Å²) in [5.74, 6) is -0.879. The van der Waals surface area contributed by atoms with Gasteiger partial charge in [0, 0.05) is 23.8 Å². The Bertz CT molecular complexity index is 1040. The van der Waals surface area contributed by atoms with E-state index in [1.54, 1.807) is 12.1 Å². The summed E-state index contributed by atoms with van der Waals surface area (Å²) in [6, 6.07) is 14.2. The van der Waals surface area contributed by atoms with Crippen molar-refractivity contribution in [1.82, 2.24) is 14.9 Å². The highest BCUT2D eigenvalue weighted by Gasteiger charge is 2.31. The monoisotopic (exact) mass is 393 g/mol. The third kappa shape index (κ3) is 3.86. The number of amides is 1. The molecule has 1 amide bonds. The van der Waals surface area contributed by atoms with E-state index in [1.165, 1.54) is 0 Å². The molecule has 1 aliphatic heterocycles. The van der Waals surface area contributed by atoms with Crippen molar-refractivity contribution in [1.29, 1.82) is 0 Å². The molecule has 0 aliphatic carbocycles. The zero-order valence-electron chi connectivity index (χ0n) is 16.2. The van der Waals surface area contributed by atoms with Crippen LogP contribution in [0.4, 0.5) is 0 Å². The molecule has 4 rings (SSSR count). The number of ether oxygens (including phenoxy) is 1. The Morgan fingerprint density at radius 1 is 1.24 bits per heavy atom. The average Bonchev–Trinajstić information content (AvgIpc) is 3.07. The fourth-order valence-electron chi connectivity index (χ4n) is 3.88. The average molecular weight is 393 g/mol. The largest absolute Gasteiger partial charge is 0.480 e. The number of para-hydroxylation sites is 1. The number of aromatic nitrogens is 2. The molecule has 7 nitrogen and oxygen atoms in total. The second-order valence-electron chi connectivity index (χ2n) is 7.30. The van der Waals surface area contributed by atoms with Gasteiger partial charge in [-0.05, 0) is 50.1 Å². The van der Waals surface area contributed by atoms with Gasteiger partial charge in [0.15, 0.2) is 0 Å². The number of fused-ring (bicyclic) bond motifs is 1. The molecule has 1 fully saturated rings. The number of carboxylic acid groups (broad SMARTS) is 1. The summed E-state index contributed by atoms with van der Waals surface area (Å²) in [4.78, 5) is 29.0. The topological polar surface area (TPSA) is 93.5 Å². The van der Waals surface area contributed by atoms with Crippen LogP contribution in [0.15, 0.2) is 48.5 Å². The molecule has 7 heteroatoms. The number of rotatable bonds is 5. The molecule has 1 saturated heterocycles. The van der Waals surface area contributed by atoms with Crippen molar-refractivity contribution in [2.45, 2.75) is 25.8 Å². The Balaban J connectivity index is 1.61. The maximum atomic E-state index is 12.8. The lowest BCUT2D eigenvalue weighted by Gasteiger charge is -2.28. The molecule has 2 unspecified atom stereocenters. The number of nitrogens with one attached hydrogen (secondary N) is 1. The van der Waals surface area contributed by atoms with Gasteiger partial charge in [-0.3, -0.25) is 9.36 Å². The Morgan fingerprint density at radius 2 is 2.03 bits per heavy atom. The lowest BCUT2D eigenvalue weighted by molar-refractivity contribution is -0.142. The summed E-state index contributed by atoms with van der Waals surface area (Å²) >= 11 is 0. The van der Waals surface area contributed by atoms with Gasteiger partial charge in [0.25, 0.3) is 5.91 Å². The molecule has 1 aromatic heterocycles. The van der Waals surface area contributed by atoms with Crippen LogP contribution in [-0.2, 0) is 9.53 Å². The van der Waals surface area contributed by atoms with Gasteiger partial charge in [-0.15, -0.1) is 0 Å². The van der Waals surface area contributed by atoms with E-state index in [0.717, 1.165) is 29.9 Å². The summed E-state index contributed by atoms with van der Waals surface area (Å²) in [5, 5.41) is 12.2. The van der Waals surface area contributed by atoms with Crippen molar-refractivity contribution in [2.75, 3.05) is 13.2 Å². The van der Waals surface area contributed by atoms with Crippen LogP contribution in [-0.4, -0.2) is 45.8 Å². The van der Waals surface area contributed by atoms with Gasteiger partial charge in [0.1, 0.15) is 11.9 Å². The highest BCUT2D eigenvalue weighted by Crippen LogP contribution is 2.23. The van der Waals surface area contributed by atoms with Crippen molar-refractivity contribution in [2.24, 2.45) is 5.92 Å². The van der Waals surface area contributed by atoms with Crippen molar-refractivity contribution in [3.05, 3.63) is 59.9 Å². The van der Waals surface area contributed by atoms with E-state index in [-0.39, 0.29) is 5.92 Å². The summed E-state index contributed by atoms with van der Waals surface area (Å²) in [6.07, 6.45) is 1.52. The fourth-order valence-corrected chi connectivity index (χ4v) is 3.88. The van der Waals surface area contributed by atoms with Gasteiger partial charge in [-0.2, -0.15) is 0 Å². The van der Waals surface area contributed by atoms with Crippen molar-refractivity contribution in [3.8, 4) is 5.69 Å². The van der Waals surface area contributed by atoms with Crippen LogP contribution in [0.5, 0.6) is 0 Å². The van der Waals surface area contributed by atoms with E-state index in [9.17, 15) is 14.7 Å². The zero-order valence-corrected chi connectivity index (χ0v) is 16.2. The Labute approximate surface area is 168 Å². The smallest absolute Gasteiger partial charge is 0.326 e. The van der Waals surface area contributed by atoms with E-state index < -0.39 is 17.9 Å². The number of hydrogen-bond donors (Lipinski definition) is 2. The minimum absolute atomic E-state index is 0.228. The van der Waals surface area contributed by atoms with Crippen LogP contribution in [0.2, 0.25) is 0 Å². The summed E-state index contributed by atoms with van der Waals surface area (Å²) in [6.45, 7) is 2.89. The zero-order chi connectivity index (χ0) is 20.4. The van der Waals surface area contributed by atoms with Gasteiger partial charge in [0.05, 0.1) is 17.6 Å². The number of aryl methyl sites for hydroxylation is 1. The van der Waals surface area contributed by atoms with Gasteiger partial charge < -0.3 is 15.2 Å². The van der Waals surface area contributed by atoms with Crippen molar-refractivity contribution >= 4 is 22.9 Å². The molecule has 0 bridgehead atoms. The minimum Gasteiger partial charge on any atom is -0.480 e. The van der Waals surface area contributed by atoms with Gasteiger partial charge >= 0.3 is 5.97 Å². The minimum atomic E-state index is -1.04. The maximum Gasteiger partial charge on any atom is 0.326 e. The molecule has 0 spiro atoms. The molecule has 0 radical (unpaired) electrons. The van der Waals surface area contributed by atoms with Gasteiger partial charge in [-0.25, -0.2) is 9.78 Å². The predicted molar refractivity (Wildman–Crippen MR) is 108 cm³/mol. The normalized spacial score (nSPS) is 17.8. The van der Waals surface area contributed by atoms with Gasteiger partial charge in [0.2, 0.25) is 0 Å². The van der Waals surface area contributed by atoms with Crippen LogP contribution in [0.1, 0.15) is 29.0 Å². The quantitative estimate of drug-likeness (QED) is 0.695. The van der Waals surface area contributed by atoms with Crippen LogP contribution < -0.4 is 5.32 Å². The third-order valence-electron chi connectivity index (χ3n) is 5.32. The summed E-state index contributed by atoms with van der Waals surface area (Å²) in [7, 11) is 0. The highest BCUT2D eigenvalue weighted by molar-refractivity contribution is 5.99. The van der Waals surface area contributed by atoms with E-state index in [0.29, 0.717) is 24.3 Å². The molecule has 150 valence electrons. The van der Waals surface area contributed by atoms with E-state index >= 15 is 0 Å². The standard InChI is InChI=1S/C22H23N3O4/c1-14-23-18-12-15(9-10-19(18)25(14)17-7-3-2-4-8-17)21(26)24-20(22(27)28)16-6-5-11-29-13-16/h2-4,7-10,12,16,20H,5-6,11,13H2,1H3,(H,24,26)(H,27,28). The Kier molecular flexibility index (Phi) is 5.31. The first-order valence-corrected chi connectivity index (χ1v) is 9.70. The number of imidazole rings is 1. The molecule has 3 aromatic rings. The predicted octanol–water partition coefficient (Wildman–Crippen LogP) is 2.94. The second kappa shape index (κ2) is 8.05. The first kappa shape index (κ1) is 19.1. The first-order valence-electron chi connectivity index (χ1n) is 9.70. The number of carbonyl (C=O) groups excluding carboxylic acids is 1. The van der Waals surface area contributed by atoms with Crippen molar-refractivity contribution in [3.63, 3.8) is 0 Å². The summed E-state index contributed by atoms with van der Waals surface area (Å²) < 4.78 is 7.41. The van der Waals surface area contributed by atoms with Gasteiger partial charge in [-0.1, -0.05) is 18.2 Å². The number of carboxylic acids is 1. The number of benzene rings is 2. The number of nitrogens with zero attached hydrogens (tertiary/aromatic N) is 2. The van der Waals surface area contributed by atoms with Crippen molar-refractivity contribution < 1.29 is 19.4 Å². The number of aliphatic carboxylic acids is 1. The molecule has 2 heterocycles. The number of carbonyl (C=O) groups is 2. The SMILES string of the molecule is Cc1nc2cc(C(=O)NC(C(=O)O)C3CCCOC3)ccc2n1-c1ccccc1. The fraction of sp³-hybridized carbons (Fsp3) is 0.318. The molecular formula is C22H23N3O4. The van der Waals surface area contributed by atoms with E-state index in [1.807, 2.05) is 47.9 Å². The third-order valence-corrected chi connectivity index (χ3v) is 5.32. The summed E-state index contributed by atoms with van der Waals surface area (Å²) in [5.41, 5.74) is 2.96.